The second kappa shape index (κ2) is 6.39. The summed E-state index contributed by atoms with van der Waals surface area (Å²) in [6, 6.07) is 7.32. The average Bonchev–Trinajstić information content (AvgIpc) is 2.49. The zero-order valence-electron chi connectivity index (χ0n) is 12.8. The van der Waals surface area contributed by atoms with E-state index in [4.69, 9.17) is 4.74 Å². The fourth-order valence-corrected chi connectivity index (χ4v) is 2.16. The molecule has 1 aromatic carbocycles. The molecule has 110 valence electrons. The van der Waals surface area contributed by atoms with Gasteiger partial charge in [0.25, 0.3) is 5.91 Å². The molecule has 0 aliphatic rings. The van der Waals surface area contributed by atoms with Crippen LogP contribution in [-0.2, 0) is 0 Å². The van der Waals surface area contributed by atoms with Crippen molar-refractivity contribution in [2.75, 3.05) is 12.4 Å². The number of methoxy groups -OCH3 is 1. The average molecular weight is 284 g/mol. The lowest BCUT2D eigenvalue weighted by Gasteiger charge is -2.16. The number of carbonyl (C=O) groups is 1. The van der Waals surface area contributed by atoms with Gasteiger partial charge in [0.15, 0.2) is 0 Å². The van der Waals surface area contributed by atoms with E-state index in [1.807, 2.05) is 19.1 Å². The van der Waals surface area contributed by atoms with Gasteiger partial charge in [-0.1, -0.05) is 13.8 Å². The lowest BCUT2D eigenvalue weighted by molar-refractivity contribution is 0.102. The van der Waals surface area contributed by atoms with Crippen LogP contribution in [0.25, 0.3) is 0 Å². The molecule has 4 nitrogen and oxygen atoms in total. The molecule has 0 atom stereocenters. The van der Waals surface area contributed by atoms with Crippen molar-refractivity contribution in [3.05, 3.63) is 53.3 Å². The summed E-state index contributed by atoms with van der Waals surface area (Å²) < 4.78 is 5.41. The van der Waals surface area contributed by atoms with E-state index in [2.05, 4.69) is 24.1 Å². The second-order valence-corrected chi connectivity index (χ2v) is 5.25. The monoisotopic (exact) mass is 284 g/mol. The number of nitrogens with one attached hydrogen (secondary N) is 1. The molecule has 0 saturated carbocycles. The third kappa shape index (κ3) is 3.40. The molecule has 0 saturated heterocycles. The van der Waals surface area contributed by atoms with E-state index in [0.717, 1.165) is 22.6 Å². The highest BCUT2D eigenvalue weighted by Gasteiger charge is 2.13. The molecule has 1 aromatic heterocycles. The normalized spacial score (nSPS) is 10.5. The number of hydrogen-bond acceptors (Lipinski definition) is 3. The first-order chi connectivity index (χ1) is 10.0. The van der Waals surface area contributed by atoms with E-state index in [-0.39, 0.29) is 5.91 Å². The number of hydrogen-bond donors (Lipinski definition) is 1. The van der Waals surface area contributed by atoms with E-state index in [9.17, 15) is 4.79 Å². The molecule has 0 aliphatic carbocycles. The van der Waals surface area contributed by atoms with Gasteiger partial charge in [-0.25, -0.2) is 0 Å². The van der Waals surface area contributed by atoms with Gasteiger partial charge in [0.1, 0.15) is 5.75 Å². The van der Waals surface area contributed by atoms with Crippen molar-refractivity contribution in [3.8, 4) is 5.75 Å². The highest BCUT2D eigenvalue weighted by molar-refractivity contribution is 6.04. The highest BCUT2D eigenvalue weighted by atomic mass is 16.5. The smallest absolute Gasteiger partial charge is 0.255 e. The van der Waals surface area contributed by atoms with Crippen LogP contribution in [0, 0.1) is 6.92 Å². The summed E-state index contributed by atoms with van der Waals surface area (Å²) in [6.07, 6.45) is 3.21. The first-order valence-corrected chi connectivity index (χ1v) is 6.92. The quantitative estimate of drug-likeness (QED) is 0.929. The maximum atomic E-state index is 12.2. The number of benzene rings is 1. The Labute approximate surface area is 125 Å². The number of rotatable bonds is 4. The maximum absolute atomic E-state index is 12.2. The molecule has 21 heavy (non-hydrogen) atoms. The van der Waals surface area contributed by atoms with Gasteiger partial charge in [0, 0.05) is 23.6 Å². The molecule has 1 heterocycles. The van der Waals surface area contributed by atoms with Crippen molar-refractivity contribution in [1.82, 2.24) is 4.98 Å². The summed E-state index contributed by atoms with van der Waals surface area (Å²) in [7, 11) is 1.66. The summed E-state index contributed by atoms with van der Waals surface area (Å²) in [5.41, 5.74) is 3.44. The van der Waals surface area contributed by atoms with Crippen LogP contribution >= 0.6 is 0 Å². The number of ether oxygens (including phenoxy) is 1. The summed E-state index contributed by atoms with van der Waals surface area (Å²) in [6.45, 7) is 6.15. The van der Waals surface area contributed by atoms with Gasteiger partial charge in [-0.05, 0) is 48.2 Å². The highest BCUT2D eigenvalue weighted by Crippen LogP contribution is 2.32. The third-order valence-electron chi connectivity index (χ3n) is 3.39. The summed E-state index contributed by atoms with van der Waals surface area (Å²) in [5.74, 6) is 1.03. The number of nitrogens with zero attached hydrogens (tertiary/aromatic N) is 1. The van der Waals surface area contributed by atoms with Gasteiger partial charge in [-0.15, -0.1) is 0 Å². The number of amides is 1. The van der Waals surface area contributed by atoms with Crippen molar-refractivity contribution in [1.29, 1.82) is 0 Å². The van der Waals surface area contributed by atoms with E-state index >= 15 is 0 Å². The van der Waals surface area contributed by atoms with Gasteiger partial charge in [0.05, 0.1) is 7.11 Å². The Morgan fingerprint density at radius 1 is 1.24 bits per heavy atom. The van der Waals surface area contributed by atoms with E-state index in [0.29, 0.717) is 11.5 Å². The van der Waals surface area contributed by atoms with Crippen LogP contribution in [0.1, 0.15) is 41.3 Å². The van der Waals surface area contributed by atoms with Crippen LogP contribution in [0.5, 0.6) is 5.75 Å². The Morgan fingerprint density at radius 3 is 2.48 bits per heavy atom. The lowest BCUT2D eigenvalue weighted by atomic mass is 9.99. The van der Waals surface area contributed by atoms with Gasteiger partial charge < -0.3 is 10.1 Å². The molecular weight excluding hydrogens is 264 g/mol. The number of aryl methyl sites for hydroxylation is 1. The van der Waals surface area contributed by atoms with Crippen LogP contribution in [0.15, 0.2) is 36.7 Å². The molecule has 0 fully saturated rings. The Hall–Kier alpha value is -2.36. The van der Waals surface area contributed by atoms with Gasteiger partial charge in [-0.2, -0.15) is 0 Å². The van der Waals surface area contributed by atoms with Gasteiger partial charge >= 0.3 is 0 Å². The Balaban J connectivity index is 2.32. The predicted molar refractivity (Wildman–Crippen MR) is 84.0 cm³/mol. The van der Waals surface area contributed by atoms with Crippen LogP contribution in [0.4, 0.5) is 5.69 Å². The number of carbonyl (C=O) groups excluding carboxylic acids is 1. The second-order valence-electron chi connectivity index (χ2n) is 5.25. The largest absolute Gasteiger partial charge is 0.496 e. The minimum absolute atomic E-state index is 0.139. The van der Waals surface area contributed by atoms with Gasteiger partial charge in [0.2, 0.25) is 0 Å². The fourth-order valence-electron chi connectivity index (χ4n) is 2.16. The minimum atomic E-state index is -0.139. The molecule has 0 bridgehead atoms. The number of anilines is 1. The molecule has 1 N–H and O–H groups in total. The SMILES string of the molecule is COc1cc(C)c(NC(=O)c2ccncc2)cc1C(C)C. The van der Waals surface area contributed by atoms with E-state index < -0.39 is 0 Å². The van der Waals surface area contributed by atoms with E-state index in [1.165, 1.54) is 0 Å². The molecular formula is C17H20N2O2. The third-order valence-corrected chi connectivity index (χ3v) is 3.39. The summed E-state index contributed by atoms with van der Waals surface area (Å²) in [5, 5.41) is 2.95. The van der Waals surface area contributed by atoms with Crippen molar-refractivity contribution in [2.24, 2.45) is 0 Å². The Kier molecular flexibility index (Phi) is 4.58. The van der Waals surface area contributed by atoms with Crippen LogP contribution in [-0.4, -0.2) is 18.0 Å². The predicted octanol–water partition coefficient (Wildman–Crippen LogP) is 3.77. The van der Waals surface area contributed by atoms with Crippen molar-refractivity contribution >= 4 is 11.6 Å². The molecule has 2 aromatic rings. The van der Waals surface area contributed by atoms with Crippen molar-refractivity contribution in [2.45, 2.75) is 26.7 Å². The standard InChI is InChI=1S/C17H20N2O2/c1-11(2)14-10-15(12(3)9-16(14)21-4)19-17(20)13-5-7-18-8-6-13/h5-11H,1-4H3,(H,19,20). The lowest BCUT2D eigenvalue weighted by Crippen LogP contribution is -2.13. The van der Waals surface area contributed by atoms with Crippen molar-refractivity contribution < 1.29 is 9.53 Å². The molecule has 0 spiro atoms. The molecule has 0 unspecified atom stereocenters. The Bertz CT molecular complexity index is 637. The first-order valence-electron chi connectivity index (χ1n) is 6.92. The van der Waals surface area contributed by atoms with Crippen LogP contribution in [0.3, 0.4) is 0 Å². The number of aromatic nitrogens is 1. The van der Waals surface area contributed by atoms with Crippen LogP contribution in [0.2, 0.25) is 0 Å². The summed E-state index contributed by atoms with van der Waals surface area (Å²) in [4.78, 5) is 16.1. The molecule has 4 heteroatoms. The van der Waals surface area contributed by atoms with Gasteiger partial charge in [-0.3, -0.25) is 9.78 Å². The van der Waals surface area contributed by atoms with Crippen molar-refractivity contribution in [3.63, 3.8) is 0 Å². The fraction of sp³-hybridized carbons (Fsp3) is 0.294. The molecule has 2 rings (SSSR count). The van der Waals surface area contributed by atoms with Crippen LogP contribution < -0.4 is 10.1 Å². The summed E-state index contributed by atoms with van der Waals surface area (Å²) >= 11 is 0. The molecule has 0 aliphatic heterocycles. The minimum Gasteiger partial charge on any atom is -0.496 e. The zero-order chi connectivity index (χ0) is 15.4. The Morgan fingerprint density at radius 2 is 1.90 bits per heavy atom. The number of pyridine rings is 1. The zero-order valence-corrected chi connectivity index (χ0v) is 12.8. The topological polar surface area (TPSA) is 51.2 Å². The van der Waals surface area contributed by atoms with E-state index in [1.54, 1.807) is 31.6 Å². The molecule has 0 radical (unpaired) electrons. The maximum Gasteiger partial charge on any atom is 0.255 e. The molecule has 1 amide bonds. The first kappa shape index (κ1) is 15.0.